The third kappa shape index (κ3) is 5.25. The Morgan fingerprint density at radius 2 is 1.81 bits per heavy atom. The molecule has 0 aromatic heterocycles. The highest BCUT2D eigenvalue weighted by Gasteiger charge is 2.24. The van der Waals surface area contributed by atoms with E-state index in [1.807, 2.05) is 55.5 Å². The third-order valence-electron chi connectivity index (χ3n) is 5.72. The first-order chi connectivity index (χ1) is 17.5. The molecule has 0 radical (unpaired) electrons. The maximum absolute atomic E-state index is 12.5. The zero-order chi connectivity index (χ0) is 25.1. The molecule has 36 heavy (non-hydrogen) atoms. The van der Waals surface area contributed by atoms with Crippen molar-refractivity contribution in [2.45, 2.75) is 13.5 Å². The van der Waals surface area contributed by atoms with E-state index in [4.69, 9.17) is 21.1 Å². The van der Waals surface area contributed by atoms with E-state index in [-0.39, 0.29) is 5.91 Å². The lowest BCUT2D eigenvalue weighted by molar-refractivity contribution is -0.115. The summed E-state index contributed by atoms with van der Waals surface area (Å²) in [7, 11) is 1.57. The molecule has 0 bridgehead atoms. The minimum Gasteiger partial charge on any atom is -0.493 e. The standard InChI is InChI=1S/C29H23ClN2O3S/c1-18-10-12-22(13-11-18)31-29-32-28(33)26(36-29)16-19-14-24(30)27(25(15-19)34-2)35-17-21-8-5-7-20-6-3-4-9-23(20)21/h3-16H,17H2,1-2H3,(H,31,32,33)/b26-16-. The topological polar surface area (TPSA) is 59.9 Å². The number of benzene rings is 4. The molecule has 0 unspecified atom stereocenters. The van der Waals surface area contributed by atoms with E-state index < -0.39 is 0 Å². The summed E-state index contributed by atoms with van der Waals surface area (Å²) in [6, 6.07) is 25.6. The molecular formula is C29H23ClN2O3S. The quantitative estimate of drug-likeness (QED) is 0.275. The number of rotatable bonds is 6. The number of aryl methyl sites for hydroxylation is 1. The number of fused-ring (bicyclic) bond motifs is 1. The molecule has 7 heteroatoms. The van der Waals surface area contributed by atoms with Crippen LogP contribution < -0.4 is 14.8 Å². The van der Waals surface area contributed by atoms with Gasteiger partial charge in [-0.15, -0.1) is 0 Å². The molecule has 5 nitrogen and oxygen atoms in total. The SMILES string of the molecule is COc1cc(/C=C2\SC(=Nc3ccc(C)cc3)NC2=O)cc(Cl)c1OCc1cccc2ccccc12. The van der Waals surface area contributed by atoms with E-state index in [1.54, 1.807) is 25.3 Å². The first-order valence-electron chi connectivity index (χ1n) is 11.3. The monoisotopic (exact) mass is 514 g/mol. The molecule has 4 aromatic carbocycles. The first kappa shape index (κ1) is 24.0. The van der Waals surface area contributed by atoms with Crippen LogP contribution in [0, 0.1) is 6.92 Å². The maximum atomic E-state index is 12.5. The molecule has 1 heterocycles. The number of thioether (sulfide) groups is 1. The van der Waals surface area contributed by atoms with Crippen LogP contribution in [-0.2, 0) is 11.4 Å². The average Bonchev–Trinajstić information content (AvgIpc) is 3.22. The Morgan fingerprint density at radius 1 is 1.03 bits per heavy atom. The van der Waals surface area contributed by atoms with Crippen LogP contribution in [0.5, 0.6) is 11.5 Å². The molecule has 0 atom stereocenters. The van der Waals surface area contributed by atoms with E-state index in [0.717, 1.165) is 33.2 Å². The molecule has 0 spiro atoms. The van der Waals surface area contributed by atoms with Crippen LogP contribution in [0.3, 0.4) is 0 Å². The number of hydrogen-bond acceptors (Lipinski definition) is 5. The smallest absolute Gasteiger partial charge is 0.264 e. The zero-order valence-corrected chi connectivity index (χ0v) is 21.3. The predicted octanol–water partition coefficient (Wildman–Crippen LogP) is 7.28. The van der Waals surface area contributed by atoms with E-state index in [2.05, 4.69) is 28.5 Å². The van der Waals surface area contributed by atoms with Gasteiger partial charge in [0.15, 0.2) is 16.7 Å². The highest BCUT2D eigenvalue weighted by atomic mass is 35.5. The van der Waals surface area contributed by atoms with Crippen LogP contribution >= 0.6 is 23.4 Å². The van der Waals surface area contributed by atoms with Crippen LogP contribution in [0.15, 0.2) is 88.8 Å². The van der Waals surface area contributed by atoms with Crippen molar-refractivity contribution < 1.29 is 14.3 Å². The fourth-order valence-corrected chi connectivity index (χ4v) is 5.02. The van der Waals surface area contributed by atoms with Crippen molar-refractivity contribution in [3.8, 4) is 11.5 Å². The molecule has 180 valence electrons. The molecule has 1 N–H and O–H groups in total. The number of ether oxygens (including phenoxy) is 2. The number of carbonyl (C=O) groups excluding carboxylic acids is 1. The van der Waals surface area contributed by atoms with E-state index in [0.29, 0.717) is 33.2 Å². The Morgan fingerprint density at radius 3 is 2.61 bits per heavy atom. The Kier molecular flexibility index (Phi) is 6.98. The van der Waals surface area contributed by atoms with Crippen LogP contribution in [0.4, 0.5) is 5.69 Å². The van der Waals surface area contributed by atoms with Crippen molar-refractivity contribution >= 4 is 57.0 Å². The van der Waals surface area contributed by atoms with Crippen molar-refractivity contribution in [3.05, 3.63) is 105 Å². The summed E-state index contributed by atoms with van der Waals surface area (Å²) in [5.74, 6) is 0.739. The number of amides is 1. The lowest BCUT2D eigenvalue weighted by atomic mass is 10.1. The number of nitrogens with one attached hydrogen (secondary N) is 1. The zero-order valence-electron chi connectivity index (χ0n) is 19.7. The van der Waals surface area contributed by atoms with Crippen molar-refractivity contribution in [1.29, 1.82) is 0 Å². The summed E-state index contributed by atoms with van der Waals surface area (Å²) in [6.07, 6.45) is 1.76. The normalized spacial score (nSPS) is 15.5. The minimum atomic E-state index is -0.211. The molecule has 1 fully saturated rings. The fourth-order valence-electron chi connectivity index (χ4n) is 3.90. The molecule has 0 aliphatic carbocycles. The molecule has 1 aliphatic heterocycles. The van der Waals surface area contributed by atoms with Crippen LogP contribution in [0.1, 0.15) is 16.7 Å². The van der Waals surface area contributed by atoms with Crippen molar-refractivity contribution in [2.24, 2.45) is 4.99 Å². The number of nitrogens with zero attached hydrogens (tertiary/aromatic N) is 1. The Balaban J connectivity index is 1.36. The lowest BCUT2D eigenvalue weighted by Crippen LogP contribution is -2.19. The summed E-state index contributed by atoms with van der Waals surface area (Å²) < 4.78 is 11.7. The summed E-state index contributed by atoms with van der Waals surface area (Å²) in [6.45, 7) is 2.36. The van der Waals surface area contributed by atoms with Gasteiger partial charge in [-0.3, -0.25) is 4.79 Å². The van der Waals surface area contributed by atoms with Gasteiger partial charge in [-0.1, -0.05) is 71.8 Å². The molecule has 5 rings (SSSR count). The minimum absolute atomic E-state index is 0.211. The average molecular weight is 515 g/mol. The molecule has 1 aliphatic rings. The van der Waals surface area contributed by atoms with Crippen LogP contribution in [0.2, 0.25) is 5.02 Å². The van der Waals surface area contributed by atoms with Gasteiger partial charge in [0, 0.05) is 0 Å². The van der Waals surface area contributed by atoms with Gasteiger partial charge in [-0.25, -0.2) is 4.99 Å². The number of carbonyl (C=O) groups is 1. The number of aliphatic imine (C=N–C) groups is 1. The fraction of sp³-hybridized carbons (Fsp3) is 0.103. The molecule has 1 saturated heterocycles. The summed E-state index contributed by atoms with van der Waals surface area (Å²) >= 11 is 7.88. The van der Waals surface area contributed by atoms with Crippen molar-refractivity contribution in [3.63, 3.8) is 0 Å². The van der Waals surface area contributed by atoms with Gasteiger partial charge >= 0.3 is 0 Å². The second-order valence-corrected chi connectivity index (χ2v) is 9.72. The van der Waals surface area contributed by atoms with Crippen molar-refractivity contribution in [2.75, 3.05) is 7.11 Å². The summed E-state index contributed by atoms with van der Waals surface area (Å²) in [5.41, 5.74) is 3.71. The van der Waals surface area contributed by atoms with Gasteiger partial charge < -0.3 is 14.8 Å². The largest absolute Gasteiger partial charge is 0.493 e. The molecular weight excluding hydrogens is 492 g/mol. The van der Waals surface area contributed by atoms with E-state index >= 15 is 0 Å². The molecule has 0 saturated carbocycles. The van der Waals surface area contributed by atoms with Gasteiger partial charge in [-0.2, -0.15) is 0 Å². The lowest BCUT2D eigenvalue weighted by Gasteiger charge is -2.14. The van der Waals surface area contributed by atoms with Crippen molar-refractivity contribution in [1.82, 2.24) is 5.32 Å². The second kappa shape index (κ2) is 10.5. The molecule has 1 amide bonds. The first-order valence-corrected chi connectivity index (χ1v) is 12.5. The summed E-state index contributed by atoms with van der Waals surface area (Å²) in [5, 5.41) is 6.02. The number of halogens is 1. The Bertz CT molecular complexity index is 1510. The maximum Gasteiger partial charge on any atom is 0.264 e. The van der Waals surface area contributed by atoms with Gasteiger partial charge in [0.25, 0.3) is 5.91 Å². The Labute approximate surface area is 218 Å². The van der Waals surface area contributed by atoms with E-state index in [9.17, 15) is 4.79 Å². The number of methoxy groups -OCH3 is 1. The molecule has 4 aromatic rings. The van der Waals surface area contributed by atoms with Crippen LogP contribution in [-0.4, -0.2) is 18.2 Å². The van der Waals surface area contributed by atoms with Crippen LogP contribution in [0.25, 0.3) is 16.8 Å². The predicted molar refractivity (Wildman–Crippen MR) is 148 cm³/mol. The number of amidine groups is 1. The number of hydrogen-bond donors (Lipinski definition) is 1. The highest BCUT2D eigenvalue weighted by Crippen LogP contribution is 2.39. The van der Waals surface area contributed by atoms with Gasteiger partial charge in [0.1, 0.15) is 6.61 Å². The second-order valence-electron chi connectivity index (χ2n) is 8.28. The summed E-state index contributed by atoms with van der Waals surface area (Å²) in [4.78, 5) is 17.6. The van der Waals surface area contributed by atoms with E-state index in [1.165, 1.54) is 11.8 Å². The van der Waals surface area contributed by atoms with Gasteiger partial charge in [0.05, 0.1) is 22.7 Å². The van der Waals surface area contributed by atoms with Gasteiger partial charge in [-0.05, 0) is 70.9 Å². The highest BCUT2D eigenvalue weighted by molar-refractivity contribution is 8.18. The van der Waals surface area contributed by atoms with Gasteiger partial charge in [0.2, 0.25) is 0 Å². The Hall–Kier alpha value is -3.74. The third-order valence-corrected chi connectivity index (χ3v) is 6.91.